The molecule has 0 saturated heterocycles. The van der Waals surface area contributed by atoms with Gasteiger partial charge in [-0.15, -0.1) is 11.3 Å². The molecule has 182 valence electrons. The van der Waals surface area contributed by atoms with E-state index in [9.17, 15) is 10.1 Å². The number of carbonyl (C=O) groups is 1. The molecule has 5 aromatic rings. The number of fused-ring (bicyclic) bond motifs is 1. The Bertz CT molecular complexity index is 1750. The number of aryl methyl sites for hydroxylation is 3. The molecular weight excluding hydrogens is 521 g/mol. The van der Waals surface area contributed by atoms with Gasteiger partial charge in [0, 0.05) is 37.0 Å². The first-order chi connectivity index (χ1) is 17.8. The molecule has 5 rings (SSSR count). The van der Waals surface area contributed by atoms with Crippen molar-refractivity contribution >= 4 is 56.3 Å². The smallest absolute Gasteiger partial charge is 0.257 e. The number of nitriles is 1. The van der Waals surface area contributed by atoms with Gasteiger partial charge in [0.1, 0.15) is 11.1 Å². The number of rotatable bonds is 4. The van der Waals surface area contributed by atoms with Gasteiger partial charge >= 0.3 is 0 Å². The fraction of sp³-hybridized carbons (Fsp3) is 0.100. The maximum absolute atomic E-state index is 13.7. The second-order valence-electron chi connectivity index (χ2n) is 8.80. The maximum atomic E-state index is 13.7. The highest BCUT2D eigenvalue weighted by Gasteiger charge is 2.22. The largest absolute Gasteiger partial charge is 0.312 e. The van der Waals surface area contributed by atoms with Gasteiger partial charge in [0.05, 0.1) is 22.3 Å². The third-order valence-electron chi connectivity index (χ3n) is 6.39. The number of carbonyl (C=O) groups excluding carboxylic acids is 1. The van der Waals surface area contributed by atoms with Crippen LogP contribution in [-0.4, -0.2) is 10.9 Å². The average Bonchev–Trinajstić information content (AvgIpc) is 3.19. The Morgan fingerprint density at radius 1 is 0.973 bits per heavy atom. The Morgan fingerprint density at radius 2 is 1.76 bits per heavy atom. The molecule has 4 nitrogen and oxygen atoms in total. The summed E-state index contributed by atoms with van der Waals surface area (Å²) in [5.74, 6) is -0.310. The summed E-state index contributed by atoms with van der Waals surface area (Å²) in [7, 11) is 0. The van der Waals surface area contributed by atoms with Gasteiger partial charge in [-0.3, -0.25) is 4.79 Å². The monoisotopic (exact) mass is 541 g/mol. The van der Waals surface area contributed by atoms with E-state index in [1.807, 2.05) is 43.3 Å². The maximum Gasteiger partial charge on any atom is 0.257 e. The summed E-state index contributed by atoms with van der Waals surface area (Å²) in [5.41, 5.74) is 6.96. The Hall–Kier alpha value is -3.69. The van der Waals surface area contributed by atoms with Crippen molar-refractivity contribution < 1.29 is 4.79 Å². The van der Waals surface area contributed by atoms with E-state index in [1.165, 1.54) is 16.9 Å². The minimum atomic E-state index is -0.310. The molecular formula is C30H21Cl2N3OS. The summed E-state index contributed by atoms with van der Waals surface area (Å²) >= 11 is 13.9. The predicted molar refractivity (Wildman–Crippen MR) is 154 cm³/mol. The topological polar surface area (TPSA) is 65.8 Å². The molecule has 37 heavy (non-hydrogen) atoms. The van der Waals surface area contributed by atoms with Crippen LogP contribution in [-0.2, 0) is 0 Å². The SMILES string of the molecule is Cc1ccc(-c2cc(C(=O)Nc3sc(C)c(-c4ccc(Cl)cc4Cl)c3C#N)c3ccccc3n2)cc1C. The van der Waals surface area contributed by atoms with E-state index in [0.717, 1.165) is 26.9 Å². The standard InChI is InChI=1S/C30H21Cl2N3OS/c1-16-8-9-19(12-17(16)2)27-14-23(21-6-4-5-7-26(21)34-27)29(36)35-30-24(15-33)28(18(3)37-30)22-11-10-20(31)13-25(22)32/h4-14H,1-3H3,(H,35,36). The molecule has 7 heteroatoms. The molecule has 0 radical (unpaired) electrons. The Balaban J connectivity index is 1.60. The van der Waals surface area contributed by atoms with Gasteiger partial charge in [0.25, 0.3) is 5.91 Å². The van der Waals surface area contributed by atoms with Crippen LogP contribution in [0.5, 0.6) is 0 Å². The molecule has 2 heterocycles. The normalized spacial score (nSPS) is 10.9. The highest BCUT2D eigenvalue weighted by molar-refractivity contribution is 7.17. The van der Waals surface area contributed by atoms with Gasteiger partial charge in [0.15, 0.2) is 0 Å². The molecule has 1 N–H and O–H groups in total. The van der Waals surface area contributed by atoms with Crippen LogP contribution in [0.15, 0.2) is 66.7 Å². The summed E-state index contributed by atoms with van der Waals surface area (Å²) in [4.78, 5) is 19.4. The van der Waals surface area contributed by atoms with Crippen LogP contribution < -0.4 is 5.32 Å². The lowest BCUT2D eigenvalue weighted by Gasteiger charge is -2.11. The van der Waals surface area contributed by atoms with E-state index in [-0.39, 0.29) is 5.91 Å². The third-order valence-corrected chi connectivity index (χ3v) is 7.96. The summed E-state index contributed by atoms with van der Waals surface area (Å²) in [6, 6.07) is 22.9. The minimum Gasteiger partial charge on any atom is -0.312 e. The lowest BCUT2D eigenvalue weighted by molar-refractivity contribution is 0.102. The number of aromatic nitrogens is 1. The average molecular weight is 542 g/mol. The predicted octanol–water partition coefficient (Wildman–Crippen LogP) is 8.99. The van der Waals surface area contributed by atoms with Crippen molar-refractivity contribution in [2.75, 3.05) is 5.32 Å². The van der Waals surface area contributed by atoms with Crippen LogP contribution >= 0.6 is 34.5 Å². The number of nitrogens with one attached hydrogen (secondary N) is 1. The minimum absolute atomic E-state index is 0.310. The zero-order valence-electron chi connectivity index (χ0n) is 20.3. The molecule has 0 spiro atoms. The lowest BCUT2D eigenvalue weighted by atomic mass is 10.0. The molecule has 0 unspecified atom stereocenters. The van der Waals surface area contributed by atoms with Crippen LogP contribution in [0.2, 0.25) is 10.0 Å². The number of amides is 1. The number of hydrogen-bond donors (Lipinski definition) is 1. The summed E-state index contributed by atoms with van der Waals surface area (Å²) < 4.78 is 0. The van der Waals surface area contributed by atoms with Gasteiger partial charge < -0.3 is 5.32 Å². The van der Waals surface area contributed by atoms with Crippen molar-refractivity contribution in [1.29, 1.82) is 5.26 Å². The molecule has 0 aliphatic heterocycles. The Labute approximate surface area is 229 Å². The number of pyridine rings is 1. The van der Waals surface area contributed by atoms with Crippen LogP contribution in [0.25, 0.3) is 33.3 Å². The highest BCUT2D eigenvalue weighted by Crippen LogP contribution is 2.43. The first kappa shape index (κ1) is 25.0. The first-order valence-electron chi connectivity index (χ1n) is 11.5. The van der Waals surface area contributed by atoms with Crippen LogP contribution in [0.3, 0.4) is 0 Å². The number of para-hydroxylation sites is 1. The molecule has 1 amide bonds. The van der Waals surface area contributed by atoms with Gasteiger partial charge in [-0.25, -0.2) is 4.98 Å². The number of benzene rings is 3. The van der Waals surface area contributed by atoms with Gasteiger partial charge in [-0.05, 0) is 62.2 Å². The number of nitrogens with zero attached hydrogens (tertiary/aromatic N) is 2. The molecule has 0 saturated carbocycles. The Morgan fingerprint density at radius 3 is 2.49 bits per heavy atom. The molecule has 0 atom stereocenters. The number of thiophene rings is 1. The van der Waals surface area contributed by atoms with E-state index < -0.39 is 0 Å². The van der Waals surface area contributed by atoms with Gasteiger partial charge in [-0.1, -0.05) is 59.6 Å². The molecule has 0 bridgehead atoms. The summed E-state index contributed by atoms with van der Waals surface area (Å²) in [5, 5.41) is 15.2. The second kappa shape index (κ2) is 9.99. The van der Waals surface area contributed by atoms with Crippen molar-refractivity contribution in [3.63, 3.8) is 0 Å². The van der Waals surface area contributed by atoms with Gasteiger partial charge in [0.2, 0.25) is 0 Å². The molecule has 3 aromatic carbocycles. The molecule has 0 aliphatic rings. The molecule has 0 fully saturated rings. The summed E-state index contributed by atoms with van der Waals surface area (Å²) in [6.45, 7) is 6.02. The van der Waals surface area contributed by atoms with E-state index in [2.05, 4.69) is 37.4 Å². The molecule has 2 aromatic heterocycles. The zero-order valence-corrected chi connectivity index (χ0v) is 22.6. The zero-order chi connectivity index (χ0) is 26.3. The third kappa shape index (κ3) is 4.72. The Kier molecular flexibility index (Phi) is 6.74. The van der Waals surface area contributed by atoms with Crippen molar-refractivity contribution in [2.24, 2.45) is 0 Å². The van der Waals surface area contributed by atoms with Crippen LogP contribution in [0.1, 0.15) is 31.9 Å². The van der Waals surface area contributed by atoms with Crippen molar-refractivity contribution in [3.8, 4) is 28.5 Å². The van der Waals surface area contributed by atoms with E-state index in [4.69, 9.17) is 28.2 Å². The van der Waals surface area contributed by atoms with E-state index in [1.54, 1.807) is 18.2 Å². The van der Waals surface area contributed by atoms with Crippen molar-refractivity contribution in [1.82, 2.24) is 4.98 Å². The first-order valence-corrected chi connectivity index (χ1v) is 13.1. The number of anilines is 1. The van der Waals surface area contributed by atoms with Crippen molar-refractivity contribution in [2.45, 2.75) is 20.8 Å². The van der Waals surface area contributed by atoms with E-state index in [0.29, 0.717) is 43.0 Å². The van der Waals surface area contributed by atoms with E-state index >= 15 is 0 Å². The molecule has 0 aliphatic carbocycles. The number of hydrogen-bond acceptors (Lipinski definition) is 4. The van der Waals surface area contributed by atoms with Crippen LogP contribution in [0.4, 0.5) is 5.00 Å². The van der Waals surface area contributed by atoms with Crippen molar-refractivity contribution in [3.05, 3.63) is 104 Å². The fourth-order valence-corrected chi connectivity index (χ4v) is 5.86. The fourth-order valence-electron chi connectivity index (χ4n) is 4.34. The van der Waals surface area contributed by atoms with Crippen LogP contribution in [0, 0.1) is 32.1 Å². The van der Waals surface area contributed by atoms with Gasteiger partial charge in [-0.2, -0.15) is 5.26 Å². The lowest BCUT2D eigenvalue weighted by Crippen LogP contribution is -2.13. The highest BCUT2D eigenvalue weighted by atomic mass is 35.5. The second-order valence-corrected chi connectivity index (χ2v) is 10.9. The quantitative estimate of drug-likeness (QED) is 0.247. The summed E-state index contributed by atoms with van der Waals surface area (Å²) in [6.07, 6.45) is 0. The number of halogens is 2.